The smallest absolute Gasteiger partial charge is 0.323 e. The van der Waals surface area contributed by atoms with E-state index in [9.17, 15) is 9.90 Å². The summed E-state index contributed by atoms with van der Waals surface area (Å²) in [5.41, 5.74) is -0.745. The van der Waals surface area contributed by atoms with Crippen molar-refractivity contribution in [3.63, 3.8) is 0 Å². The Labute approximate surface area is 123 Å². The molecule has 2 unspecified atom stereocenters. The maximum atomic E-state index is 11.5. The van der Waals surface area contributed by atoms with E-state index in [1.54, 1.807) is 18.9 Å². The van der Waals surface area contributed by atoms with Crippen LogP contribution in [0.2, 0.25) is 0 Å². The molecule has 110 valence electrons. The van der Waals surface area contributed by atoms with E-state index in [0.717, 1.165) is 17.1 Å². The van der Waals surface area contributed by atoms with Gasteiger partial charge >= 0.3 is 5.97 Å². The average Bonchev–Trinajstić information content (AvgIpc) is 2.84. The van der Waals surface area contributed by atoms with Gasteiger partial charge < -0.3 is 15.2 Å². The normalized spacial score (nSPS) is 25.6. The van der Waals surface area contributed by atoms with E-state index >= 15 is 0 Å². The molecule has 0 radical (unpaired) electrons. The van der Waals surface area contributed by atoms with Crippen LogP contribution in [0.3, 0.4) is 0 Å². The van der Waals surface area contributed by atoms with Gasteiger partial charge in [-0.2, -0.15) is 0 Å². The fraction of sp³-hybridized carbons (Fsp3) is 0.533. The highest BCUT2D eigenvalue weighted by Crippen LogP contribution is 2.41. The lowest BCUT2D eigenvalue weighted by Gasteiger charge is -2.25. The highest BCUT2D eigenvalue weighted by atomic mass is 32.2. The molecule has 1 saturated carbocycles. The SMILES string of the molecule is CCNC1(C(=O)O)CCC(Sc2cccc(OC)c2)C1. The van der Waals surface area contributed by atoms with Gasteiger partial charge in [-0.1, -0.05) is 13.0 Å². The molecule has 1 aromatic rings. The molecule has 5 heteroatoms. The van der Waals surface area contributed by atoms with Crippen molar-refractivity contribution in [3.05, 3.63) is 24.3 Å². The van der Waals surface area contributed by atoms with Crippen LogP contribution >= 0.6 is 11.8 Å². The average molecular weight is 295 g/mol. The van der Waals surface area contributed by atoms with Gasteiger partial charge in [-0.3, -0.25) is 4.79 Å². The first-order valence-corrected chi connectivity index (χ1v) is 7.77. The van der Waals surface area contributed by atoms with Crippen molar-refractivity contribution in [1.82, 2.24) is 5.32 Å². The van der Waals surface area contributed by atoms with Gasteiger partial charge in [-0.25, -0.2) is 0 Å². The van der Waals surface area contributed by atoms with Crippen LogP contribution in [0.4, 0.5) is 0 Å². The summed E-state index contributed by atoms with van der Waals surface area (Å²) in [6.45, 7) is 2.63. The third-order valence-electron chi connectivity index (χ3n) is 3.74. The van der Waals surface area contributed by atoms with Gasteiger partial charge in [0.25, 0.3) is 0 Å². The lowest BCUT2D eigenvalue weighted by molar-refractivity contribution is -0.144. The number of rotatable bonds is 6. The molecule has 0 saturated heterocycles. The zero-order valence-corrected chi connectivity index (χ0v) is 12.7. The van der Waals surface area contributed by atoms with Crippen molar-refractivity contribution in [1.29, 1.82) is 0 Å². The standard InChI is InChI=1S/C15H21NO3S/c1-3-16-15(14(17)18)8-7-13(10-15)20-12-6-4-5-11(9-12)19-2/h4-6,9,13,16H,3,7-8,10H2,1-2H3,(H,17,18). The molecule has 2 N–H and O–H groups in total. The molecule has 0 amide bonds. The van der Waals surface area contributed by atoms with Crippen molar-refractivity contribution >= 4 is 17.7 Å². The second kappa shape index (κ2) is 6.50. The van der Waals surface area contributed by atoms with Crippen molar-refractivity contribution in [2.75, 3.05) is 13.7 Å². The van der Waals surface area contributed by atoms with Crippen LogP contribution in [-0.4, -0.2) is 35.5 Å². The molecule has 0 aliphatic heterocycles. The van der Waals surface area contributed by atoms with Gasteiger partial charge in [-0.15, -0.1) is 11.8 Å². The number of methoxy groups -OCH3 is 1. The predicted molar refractivity (Wildman–Crippen MR) is 80.5 cm³/mol. The van der Waals surface area contributed by atoms with E-state index in [1.807, 2.05) is 31.2 Å². The minimum absolute atomic E-state index is 0.331. The van der Waals surface area contributed by atoms with E-state index in [2.05, 4.69) is 5.32 Å². The molecule has 1 fully saturated rings. The summed E-state index contributed by atoms with van der Waals surface area (Å²) in [4.78, 5) is 12.7. The first-order valence-electron chi connectivity index (χ1n) is 6.89. The number of ether oxygens (including phenoxy) is 1. The van der Waals surface area contributed by atoms with Gasteiger partial charge in [0.2, 0.25) is 0 Å². The van der Waals surface area contributed by atoms with E-state index in [1.165, 1.54) is 0 Å². The minimum atomic E-state index is -0.745. The van der Waals surface area contributed by atoms with Gasteiger partial charge in [0.05, 0.1) is 7.11 Å². The summed E-state index contributed by atoms with van der Waals surface area (Å²) in [6, 6.07) is 7.92. The Morgan fingerprint density at radius 2 is 2.40 bits per heavy atom. The van der Waals surface area contributed by atoms with Gasteiger partial charge in [0.15, 0.2) is 0 Å². The Morgan fingerprint density at radius 1 is 1.60 bits per heavy atom. The lowest BCUT2D eigenvalue weighted by atomic mass is 9.98. The number of thioether (sulfide) groups is 1. The third kappa shape index (κ3) is 3.27. The summed E-state index contributed by atoms with van der Waals surface area (Å²) >= 11 is 1.74. The number of carboxylic acid groups (broad SMARTS) is 1. The first kappa shape index (κ1) is 15.2. The van der Waals surface area contributed by atoms with Crippen LogP contribution in [0, 0.1) is 0 Å². The maximum Gasteiger partial charge on any atom is 0.323 e. The topological polar surface area (TPSA) is 58.6 Å². The molecule has 20 heavy (non-hydrogen) atoms. The van der Waals surface area contributed by atoms with Crippen molar-refractivity contribution < 1.29 is 14.6 Å². The Balaban J connectivity index is 2.03. The fourth-order valence-corrected chi connectivity index (χ4v) is 4.07. The maximum absolute atomic E-state index is 11.5. The quantitative estimate of drug-likeness (QED) is 0.845. The molecule has 0 spiro atoms. The van der Waals surface area contributed by atoms with Crippen LogP contribution < -0.4 is 10.1 Å². The summed E-state index contributed by atoms with van der Waals surface area (Å²) < 4.78 is 5.22. The number of nitrogens with one attached hydrogen (secondary N) is 1. The predicted octanol–water partition coefficient (Wildman–Crippen LogP) is 2.77. The first-order chi connectivity index (χ1) is 9.59. The summed E-state index contributed by atoms with van der Waals surface area (Å²) in [6.07, 6.45) is 2.27. The summed E-state index contributed by atoms with van der Waals surface area (Å²) in [5, 5.41) is 13.0. The Morgan fingerprint density at radius 3 is 3.05 bits per heavy atom. The Hall–Kier alpha value is -1.20. The van der Waals surface area contributed by atoms with Crippen molar-refractivity contribution in [3.8, 4) is 5.75 Å². The van der Waals surface area contributed by atoms with Crippen LogP contribution in [0.5, 0.6) is 5.75 Å². The van der Waals surface area contributed by atoms with Crippen molar-refractivity contribution in [2.45, 2.75) is 41.9 Å². The summed E-state index contributed by atoms with van der Waals surface area (Å²) in [7, 11) is 1.65. The van der Waals surface area contributed by atoms with Crippen LogP contribution in [0.15, 0.2) is 29.2 Å². The molecule has 1 aromatic carbocycles. The van der Waals surface area contributed by atoms with Gasteiger partial charge in [-0.05, 0) is 44.0 Å². The van der Waals surface area contributed by atoms with Crippen molar-refractivity contribution in [2.24, 2.45) is 0 Å². The molecule has 0 aromatic heterocycles. The zero-order valence-electron chi connectivity index (χ0n) is 11.9. The number of carbonyl (C=O) groups is 1. The number of benzene rings is 1. The second-order valence-corrected chi connectivity index (χ2v) is 6.45. The third-order valence-corrected chi connectivity index (χ3v) is 5.00. The monoisotopic (exact) mass is 295 g/mol. The number of aliphatic carboxylic acids is 1. The Kier molecular flexibility index (Phi) is 4.94. The molecular formula is C15H21NO3S. The summed E-state index contributed by atoms with van der Waals surface area (Å²) in [5.74, 6) is 0.109. The number of hydrogen-bond donors (Lipinski definition) is 2. The van der Waals surface area contributed by atoms with E-state index in [4.69, 9.17) is 4.74 Å². The minimum Gasteiger partial charge on any atom is -0.497 e. The number of carboxylic acids is 1. The molecule has 0 bridgehead atoms. The van der Waals surface area contributed by atoms with Gasteiger partial charge in [0, 0.05) is 10.1 Å². The fourth-order valence-electron chi connectivity index (χ4n) is 2.74. The lowest BCUT2D eigenvalue weighted by Crippen LogP contribution is -2.50. The molecule has 2 rings (SSSR count). The van der Waals surface area contributed by atoms with E-state index < -0.39 is 11.5 Å². The van der Waals surface area contributed by atoms with Gasteiger partial charge in [0.1, 0.15) is 11.3 Å². The largest absolute Gasteiger partial charge is 0.497 e. The van der Waals surface area contributed by atoms with Crippen LogP contribution in [-0.2, 0) is 4.79 Å². The number of hydrogen-bond acceptors (Lipinski definition) is 4. The molecule has 4 nitrogen and oxygen atoms in total. The molecule has 1 aliphatic rings. The molecular weight excluding hydrogens is 274 g/mol. The molecule has 0 heterocycles. The molecule has 1 aliphatic carbocycles. The van der Waals surface area contributed by atoms with Crippen LogP contribution in [0.1, 0.15) is 26.2 Å². The Bertz CT molecular complexity index is 480. The highest BCUT2D eigenvalue weighted by Gasteiger charge is 2.45. The second-order valence-electron chi connectivity index (χ2n) is 5.08. The van der Waals surface area contributed by atoms with E-state index in [-0.39, 0.29) is 0 Å². The highest BCUT2D eigenvalue weighted by molar-refractivity contribution is 8.00. The zero-order chi connectivity index (χ0) is 14.6. The number of likely N-dealkylation sites (N-methyl/N-ethyl adjacent to an activating group) is 1. The molecule has 2 atom stereocenters. The van der Waals surface area contributed by atoms with E-state index in [0.29, 0.717) is 24.6 Å². The van der Waals surface area contributed by atoms with Crippen LogP contribution in [0.25, 0.3) is 0 Å².